The number of nitrogens with one attached hydrogen (secondary N) is 1. The number of hydrogen-bond donors (Lipinski definition) is 1. The zero-order valence-electron chi connectivity index (χ0n) is 15.7. The highest BCUT2D eigenvalue weighted by Crippen LogP contribution is 2.25. The number of rotatable bonds is 4. The standard InChI is InChI=1S/C25H18N4/c1-3-7-18(8-4-1)20-11-13-22(26-16-20)24-15-25(29-28-24)23-14-12-21(17-27-23)19-9-5-2-6-10-19/h1-17H,(H,28,29). The van der Waals surface area contributed by atoms with Crippen molar-refractivity contribution >= 4 is 0 Å². The maximum Gasteiger partial charge on any atom is 0.111 e. The van der Waals surface area contributed by atoms with E-state index in [1.165, 1.54) is 0 Å². The van der Waals surface area contributed by atoms with Gasteiger partial charge in [-0.2, -0.15) is 5.10 Å². The van der Waals surface area contributed by atoms with Gasteiger partial charge in [0.15, 0.2) is 0 Å². The first-order valence-electron chi connectivity index (χ1n) is 9.46. The van der Waals surface area contributed by atoms with Crippen molar-refractivity contribution in [3.8, 4) is 45.0 Å². The van der Waals surface area contributed by atoms with E-state index in [9.17, 15) is 0 Å². The average Bonchev–Trinajstić information content (AvgIpc) is 3.31. The molecule has 4 nitrogen and oxygen atoms in total. The van der Waals surface area contributed by atoms with Crippen LogP contribution < -0.4 is 0 Å². The van der Waals surface area contributed by atoms with Crippen molar-refractivity contribution in [3.05, 3.63) is 103 Å². The maximum absolute atomic E-state index is 4.59. The molecule has 4 heteroatoms. The molecule has 0 spiro atoms. The zero-order valence-corrected chi connectivity index (χ0v) is 15.7. The lowest BCUT2D eigenvalue weighted by atomic mass is 10.1. The molecule has 1 N–H and O–H groups in total. The van der Waals surface area contributed by atoms with Gasteiger partial charge in [-0.05, 0) is 29.3 Å². The van der Waals surface area contributed by atoms with Crippen LogP contribution in [0.1, 0.15) is 0 Å². The van der Waals surface area contributed by atoms with Crippen molar-refractivity contribution in [2.24, 2.45) is 0 Å². The average molecular weight is 374 g/mol. The van der Waals surface area contributed by atoms with Crippen LogP contribution in [0.15, 0.2) is 103 Å². The molecule has 0 aliphatic carbocycles. The van der Waals surface area contributed by atoms with Crippen LogP contribution in [0.3, 0.4) is 0 Å². The largest absolute Gasteiger partial charge is 0.276 e. The second-order valence-electron chi connectivity index (χ2n) is 6.76. The van der Waals surface area contributed by atoms with Gasteiger partial charge in [-0.1, -0.05) is 72.8 Å². The van der Waals surface area contributed by atoms with Crippen LogP contribution in [0.4, 0.5) is 0 Å². The molecule has 3 heterocycles. The Labute approximate surface area is 168 Å². The maximum atomic E-state index is 4.59. The minimum absolute atomic E-state index is 0.800. The highest BCUT2D eigenvalue weighted by molar-refractivity contribution is 5.69. The van der Waals surface area contributed by atoms with Gasteiger partial charge in [0, 0.05) is 23.5 Å². The van der Waals surface area contributed by atoms with E-state index in [0.29, 0.717) is 0 Å². The van der Waals surface area contributed by atoms with Gasteiger partial charge in [-0.3, -0.25) is 15.1 Å². The molecule has 5 aromatic rings. The first-order chi connectivity index (χ1) is 14.4. The summed E-state index contributed by atoms with van der Waals surface area (Å²) in [7, 11) is 0. The molecule has 0 amide bonds. The van der Waals surface area contributed by atoms with Gasteiger partial charge in [0.1, 0.15) is 5.69 Å². The summed E-state index contributed by atoms with van der Waals surface area (Å²) in [6, 6.07) is 30.6. The molecule has 29 heavy (non-hydrogen) atoms. The van der Waals surface area contributed by atoms with Crippen molar-refractivity contribution in [2.75, 3.05) is 0 Å². The molecule has 0 radical (unpaired) electrons. The molecular formula is C25H18N4. The fourth-order valence-corrected chi connectivity index (χ4v) is 3.29. The van der Waals surface area contributed by atoms with Gasteiger partial charge in [0.05, 0.1) is 17.1 Å². The van der Waals surface area contributed by atoms with Gasteiger partial charge < -0.3 is 0 Å². The number of aromatic amines is 1. The number of H-pyrrole nitrogens is 1. The third-order valence-electron chi connectivity index (χ3n) is 4.86. The Morgan fingerprint density at radius 3 is 1.55 bits per heavy atom. The molecule has 0 fully saturated rings. The molecule has 0 bridgehead atoms. The molecule has 0 saturated heterocycles. The molecule has 3 aromatic heterocycles. The van der Waals surface area contributed by atoms with Crippen molar-refractivity contribution in [1.29, 1.82) is 0 Å². The van der Waals surface area contributed by atoms with Crippen LogP contribution in [0.2, 0.25) is 0 Å². The van der Waals surface area contributed by atoms with Crippen LogP contribution in [0, 0.1) is 0 Å². The van der Waals surface area contributed by atoms with Gasteiger partial charge in [0.25, 0.3) is 0 Å². The van der Waals surface area contributed by atoms with E-state index in [1.54, 1.807) is 0 Å². The van der Waals surface area contributed by atoms with Crippen molar-refractivity contribution in [2.45, 2.75) is 0 Å². The number of pyridine rings is 2. The second-order valence-corrected chi connectivity index (χ2v) is 6.76. The Balaban J connectivity index is 1.38. The molecular weight excluding hydrogens is 356 g/mol. The van der Waals surface area contributed by atoms with E-state index >= 15 is 0 Å². The SMILES string of the molecule is c1ccc(-c2ccc(-c3cc(-c4ccc(-c5ccccc5)cn4)[nH]n3)nc2)cc1. The van der Waals surface area contributed by atoms with Crippen molar-refractivity contribution < 1.29 is 0 Å². The number of nitrogens with zero attached hydrogens (tertiary/aromatic N) is 3. The minimum Gasteiger partial charge on any atom is -0.276 e. The first kappa shape index (κ1) is 17.1. The van der Waals surface area contributed by atoms with Crippen LogP contribution >= 0.6 is 0 Å². The monoisotopic (exact) mass is 374 g/mol. The predicted molar refractivity (Wildman–Crippen MR) is 116 cm³/mol. The number of hydrogen-bond acceptors (Lipinski definition) is 3. The third-order valence-corrected chi connectivity index (χ3v) is 4.86. The van der Waals surface area contributed by atoms with E-state index in [-0.39, 0.29) is 0 Å². The summed E-state index contributed by atoms with van der Waals surface area (Å²) in [5, 5.41) is 7.49. The van der Waals surface area contributed by atoms with Crippen molar-refractivity contribution in [1.82, 2.24) is 20.2 Å². The molecule has 0 unspecified atom stereocenters. The molecule has 0 aliphatic heterocycles. The lowest BCUT2D eigenvalue weighted by Crippen LogP contribution is -1.85. The molecule has 0 atom stereocenters. The van der Waals surface area contributed by atoms with Gasteiger partial charge in [-0.15, -0.1) is 0 Å². The summed E-state index contributed by atoms with van der Waals surface area (Å²) >= 11 is 0. The van der Waals surface area contributed by atoms with Crippen LogP contribution in [0.25, 0.3) is 45.0 Å². The topological polar surface area (TPSA) is 54.5 Å². The fraction of sp³-hybridized carbons (Fsp3) is 0. The number of benzene rings is 2. The minimum atomic E-state index is 0.800. The van der Waals surface area contributed by atoms with E-state index < -0.39 is 0 Å². The van der Waals surface area contributed by atoms with Crippen LogP contribution in [0.5, 0.6) is 0 Å². The van der Waals surface area contributed by atoms with E-state index in [4.69, 9.17) is 0 Å². The Hall–Kier alpha value is -4.05. The highest BCUT2D eigenvalue weighted by Gasteiger charge is 2.09. The molecule has 0 aliphatic rings. The summed E-state index contributed by atoms with van der Waals surface area (Å²) < 4.78 is 0. The zero-order chi connectivity index (χ0) is 19.5. The quantitative estimate of drug-likeness (QED) is 0.428. The Morgan fingerprint density at radius 1 is 0.483 bits per heavy atom. The Morgan fingerprint density at radius 2 is 1.03 bits per heavy atom. The first-order valence-corrected chi connectivity index (χ1v) is 9.46. The summed E-state index contributed by atoms with van der Waals surface area (Å²) in [5.74, 6) is 0. The lowest BCUT2D eigenvalue weighted by Gasteiger charge is -2.02. The second kappa shape index (κ2) is 7.52. The molecule has 5 rings (SSSR count). The Bertz CT molecular complexity index is 1110. The van der Waals surface area contributed by atoms with Gasteiger partial charge >= 0.3 is 0 Å². The van der Waals surface area contributed by atoms with E-state index in [2.05, 4.69) is 56.6 Å². The lowest BCUT2D eigenvalue weighted by molar-refractivity contribution is 1.08. The van der Waals surface area contributed by atoms with Gasteiger partial charge in [0.2, 0.25) is 0 Å². The number of aromatic nitrogens is 4. The van der Waals surface area contributed by atoms with Crippen LogP contribution in [-0.4, -0.2) is 20.2 Å². The molecule has 138 valence electrons. The summed E-state index contributed by atoms with van der Waals surface area (Å²) in [6.45, 7) is 0. The van der Waals surface area contributed by atoms with E-state index in [0.717, 1.165) is 45.0 Å². The Kier molecular flexibility index (Phi) is 4.43. The summed E-state index contributed by atoms with van der Waals surface area (Å²) in [6.07, 6.45) is 3.77. The molecule has 0 saturated carbocycles. The van der Waals surface area contributed by atoms with Crippen LogP contribution in [-0.2, 0) is 0 Å². The summed E-state index contributed by atoms with van der Waals surface area (Å²) in [5.41, 5.74) is 7.83. The summed E-state index contributed by atoms with van der Waals surface area (Å²) in [4.78, 5) is 9.18. The van der Waals surface area contributed by atoms with E-state index in [1.807, 2.05) is 67.0 Å². The predicted octanol–water partition coefficient (Wildman–Crippen LogP) is 5.87. The van der Waals surface area contributed by atoms with Gasteiger partial charge in [-0.25, -0.2) is 0 Å². The normalized spacial score (nSPS) is 10.8. The smallest absolute Gasteiger partial charge is 0.111 e. The highest BCUT2D eigenvalue weighted by atomic mass is 15.1. The third kappa shape index (κ3) is 3.56. The molecule has 2 aromatic carbocycles. The van der Waals surface area contributed by atoms with Crippen molar-refractivity contribution in [3.63, 3.8) is 0 Å². The fourth-order valence-electron chi connectivity index (χ4n) is 3.29.